The molecule has 0 heterocycles. The maximum atomic E-state index is 3.76. The minimum absolute atomic E-state index is 0.245. The summed E-state index contributed by atoms with van der Waals surface area (Å²) < 4.78 is 0. The molecular formula is C17H18. The molecule has 0 amide bonds. The maximum Gasteiger partial charge on any atom is -0.000600 e. The molecule has 4 atom stereocenters. The zero-order valence-corrected chi connectivity index (χ0v) is 10.4. The van der Waals surface area contributed by atoms with Gasteiger partial charge in [-0.3, -0.25) is 0 Å². The van der Waals surface area contributed by atoms with Crippen LogP contribution in [0.1, 0.15) is 25.3 Å². The van der Waals surface area contributed by atoms with E-state index in [0.29, 0.717) is 17.8 Å². The summed E-state index contributed by atoms with van der Waals surface area (Å²) in [5, 5.41) is 0. The van der Waals surface area contributed by atoms with E-state index in [1.54, 1.807) is 0 Å². The van der Waals surface area contributed by atoms with E-state index >= 15 is 0 Å². The summed E-state index contributed by atoms with van der Waals surface area (Å²) in [5.41, 5.74) is 1.65. The molecule has 3 rings (SSSR count). The second kappa shape index (κ2) is 3.87. The third kappa shape index (κ3) is 1.58. The lowest BCUT2D eigenvalue weighted by Gasteiger charge is -2.33. The SMILES string of the molecule is CC1C(c2ccccc2)[C]C2C=CC=CC21C. The van der Waals surface area contributed by atoms with Gasteiger partial charge in [0, 0.05) is 0 Å². The lowest BCUT2D eigenvalue weighted by Crippen LogP contribution is -2.26. The van der Waals surface area contributed by atoms with Crippen LogP contribution in [0.25, 0.3) is 0 Å². The molecular weight excluding hydrogens is 204 g/mol. The molecule has 1 saturated carbocycles. The van der Waals surface area contributed by atoms with Crippen molar-refractivity contribution in [3.05, 3.63) is 66.6 Å². The summed E-state index contributed by atoms with van der Waals surface area (Å²) in [6.45, 7) is 4.71. The van der Waals surface area contributed by atoms with Gasteiger partial charge in [-0.05, 0) is 35.2 Å². The predicted octanol–water partition coefficient (Wildman–Crippen LogP) is 4.25. The molecule has 0 N–H and O–H groups in total. The van der Waals surface area contributed by atoms with Crippen LogP contribution < -0.4 is 0 Å². The fourth-order valence-corrected chi connectivity index (χ4v) is 3.16. The van der Waals surface area contributed by atoms with E-state index in [0.717, 1.165) is 0 Å². The van der Waals surface area contributed by atoms with Crippen LogP contribution in [0, 0.1) is 23.7 Å². The molecule has 1 fully saturated rings. The van der Waals surface area contributed by atoms with Crippen molar-refractivity contribution in [2.24, 2.45) is 17.3 Å². The van der Waals surface area contributed by atoms with Gasteiger partial charge in [0.15, 0.2) is 0 Å². The standard InChI is InChI=1S/C17H18/c1-13-16(14-8-4-3-5-9-14)12-15-10-6-7-11-17(13,15)2/h3-11,13,15-16H,1-2H3. The Balaban J connectivity index is 1.96. The first-order valence-electron chi connectivity index (χ1n) is 6.39. The summed E-state index contributed by atoms with van der Waals surface area (Å²) >= 11 is 0. The van der Waals surface area contributed by atoms with Crippen LogP contribution >= 0.6 is 0 Å². The predicted molar refractivity (Wildman–Crippen MR) is 71.5 cm³/mol. The Bertz CT molecular complexity index is 454. The summed E-state index contributed by atoms with van der Waals surface area (Å²) in [5.74, 6) is 1.53. The minimum Gasteiger partial charge on any atom is -0.0799 e. The fourth-order valence-electron chi connectivity index (χ4n) is 3.16. The summed E-state index contributed by atoms with van der Waals surface area (Å²) in [6, 6.07) is 10.8. The summed E-state index contributed by atoms with van der Waals surface area (Å²) in [6.07, 6.45) is 12.7. The molecule has 0 spiro atoms. The normalized spacial score (nSPS) is 39.3. The molecule has 0 saturated heterocycles. The quantitative estimate of drug-likeness (QED) is 0.666. The average Bonchev–Trinajstić information content (AvgIpc) is 2.64. The Labute approximate surface area is 104 Å². The topological polar surface area (TPSA) is 0 Å². The van der Waals surface area contributed by atoms with Gasteiger partial charge < -0.3 is 0 Å². The van der Waals surface area contributed by atoms with E-state index in [-0.39, 0.29) is 5.41 Å². The number of benzene rings is 1. The zero-order chi connectivity index (χ0) is 11.9. The monoisotopic (exact) mass is 222 g/mol. The molecule has 1 aromatic rings. The highest BCUT2D eigenvalue weighted by molar-refractivity contribution is 5.35. The van der Waals surface area contributed by atoms with Gasteiger partial charge in [-0.2, -0.15) is 0 Å². The van der Waals surface area contributed by atoms with Gasteiger partial charge in [0.2, 0.25) is 0 Å². The van der Waals surface area contributed by atoms with Crippen LogP contribution in [0.3, 0.4) is 0 Å². The van der Waals surface area contributed by atoms with Crippen molar-refractivity contribution in [1.82, 2.24) is 0 Å². The molecule has 2 aliphatic rings. The summed E-state index contributed by atoms with van der Waals surface area (Å²) in [4.78, 5) is 0. The number of fused-ring (bicyclic) bond motifs is 1. The van der Waals surface area contributed by atoms with Gasteiger partial charge in [0.25, 0.3) is 0 Å². The van der Waals surface area contributed by atoms with E-state index in [1.807, 2.05) is 0 Å². The van der Waals surface area contributed by atoms with Crippen molar-refractivity contribution in [2.45, 2.75) is 19.8 Å². The van der Waals surface area contributed by atoms with Crippen molar-refractivity contribution in [1.29, 1.82) is 0 Å². The lowest BCUT2D eigenvalue weighted by molar-refractivity contribution is 0.271. The number of rotatable bonds is 1. The number of allylic oxidation sites excluding steroid dienone is 4. The van der Waals surface area contributed by atoms with Gasteiger partial charge in [0.1, 0.15) is 0 Å². The van der Waals surface area contributed by atoms with Gasteiger partial charge in [-0.25, -0.2) is 0 Å². The molecule has 0 aliphatic heterocycles. The van der Waals surface area contributed by atoms with Gasteiger partial charge in [-0.15, -0.1) is 0 Å². The second-order valence-corrected chi connectivity index (χ2v) is 5.43. The first-order chi connectivity index (χ1) is 8.22. The lowest BCUT2D eigenvalue weighted by atomic mass is 9.71. The molecule has 2 aliphatic carbocycles. The smallest absolute Gasteiger partial charge is 0.000600 e. The van der Waals surface area contributed by atoms with Crippen molar-refractivity contribution in [3.63, 3.8) is 0 Å². The Hall–Kier alpha value is -1.30. The molecule has 86 valence electrons. The van der Waals surface area contributed by atoms with Gasteiger partial charge in [-0.1, -0.05) is 68.5 Å². The molecule has 0 bridgehead atoms. The van der Waals surface area contributed by atoms with Crippen LogP contribution in [0.2, 0.25) is 0 Å². The molecule has 1 aromatic carbocycles. The van der Waals surface area contributed by atoms with E-state index < -0.39 is 0 Å². The van der Waals surface area contributed by atoms with Crippen molar-refractivity contribution >= 4 is 0 Å². The van der Waals surface area contributed by atoms with E-state index in [1.165, 1.54) is 5.56 Å². The third-order valence-electron chi connectivity index (χ3n) is 4.54. The van der Waals surface area contributed by atoms with Crippen molar-refractivity contribution in [2.75, 3.05) is 0 Å². The number of hydrogen-bond donors (Lipinski definition) is 0. The zero-order valence-electron chi connectivity index (χ0n) is 10.4. The van der Waals surface area contributed by atoms with E-state index in [2.05, 4.69) is 74.9 Å². The Morgan fingerprint density at radius 2 is 1.88 bits per heavy atom. The Morgan fingerprint density at radius 3 is 2.59 bits per heavy atom. The molecule has 0 heteroatoms. The Kier molecular flexibility index (Phi) is 2.47. The van der Waals surface area contributed by atoms with E-state index in [9.17, 15) is 0 Å². The largest absolute Gasteiger partial charge is 0.0799 e. The fraction of sp³-hybridized carbons (Fsp3) is 0.353. The highest BCUT2D eigenvalue weighted by Crippen LogP contribution is 2.56. The van der Waals surface area contributed by atoms with Crippen molar-refractivity contribution in [3.8, 4) is 0 Å². The first kappa shape index (κ1) is 10.8. The van der Waals surface area contributed by atoms with Gasteiger partial charge >= 0.3 is 0 Å². The molecule has 2 radical (unpaired) electrons. The minimum atomic E-state index is 0.245. The highest BCUT2D eigenvalue weighted by atomic mass is 14.5. The first-order valence-corrected chi connectivity index (χ1v) is 6.39. The Morgan fingerprint density at radius 1 is 1.12 bits per heavy atom. The third-order valence-corrected chi connectivity index (χ3v) is 4.54. The summed E-state index contributed by atoms with van der Waals surface area (Å²) in [7, 11) is 0. The second-order valence-electron chi connectivity index (χ2n) is 5.43. The van der Waals surface area contributed by atoms with Crippen LogP contribution in [-0.2, 0) is 0 Å². The average molecular weight is 222 g/mol. The molecule has 0 aromatic heterocycles. The van der Waals surface area contributed by atoms with Crippen LogP contribution in [0.4, 0.5) is 0 Å². The van der Waals surface area contributed by atoms with Crippen LogP contribution in [0.15, 0.2) is 54.6 Å². The van der Waals surface area contributed by atoms with Crippen molar-refractivity contribution < 1.29 is 0 Å². The molecule has 17 heavy (non-hydrogen) atoms. The maximum absolute atomic E-state index is 3.76. The van der Waals surface area contributed by atoms with Crippen LogP contribution in [-0.4, -0.2) is 0 Å². The van der Waals surface area contributed by atoms with Gasteiger partial charge in [0.05, 0.1) is 0 Å². The van der Waals surface area contributed by atoms with Crippen LogP contribution in [0.5, 0.6) is 0 Å². The van der Waals surface area contributed by atoms with E-state index in [4.69, 9.17) is 0 Å². The molecule has 0 nitrogen and oxygen atoms in total. The highest BCUT2D eigenvalue weighted by Gasteiger charge is 2.48. The number of hydrogen-bond acceptors (Lipinski definition) is 0. The molecule has 4 unspecified atom stereocenters.